The average molecular weight is 380 g/mol. The molecule has 1 fully saturated rings. The third kappa shape index (κ3) is 5.66. The largest absolute Gasteiger partial charge is 0.449 e. The molecule has 2 amide bonds. The second kappa shape index (κ2) is 9.47. The standard InChI is InChI=1S/C18H24N2O5S/c1-11(2)15(14(21)9-13-3-6-19-17(23)16(13)22)20-18(24)25-7-4-12-5-8-26-10-12/h5,8,10-11,13,15H,3-4,6-7,9H2,1-2H3,(H,19,23)(H,20,24). The Morgan fingerprint density at radius 2 is 2.15 bits per heavy atom. The van der Waals surface area contributed by atoms with Crippen LogP contribution in [0.15, 0.2) is 16.8 Å². The number of Topliss-reactive ketones (excluding diaryl/α,β-unsaturated/α-hetero) is 2. The number of ether oxygens (including phenoxy) is 1. The molecule has 1 aliphatic heterocycles. The van der Waals surface area contributed by atoms with Gasteiger partial charge >= 0.3 is 6.09 Å². The van der Waals surface area contributed by atoms with E-state index >= 15 is 0 Å². The highest BCUT2D eigenvalue weighted by molar-refractivity contribution is 7.07. The lowest BCUT2D eigenvalue weighted by atomic mass is 9.87. The molecule has 1 aliphatic rings. The monoisotopic (exact) mass is 380 g/mol. The Hall–Kier alpha value is -2.22. The van der Waals surface area contributed by atoms with E-state index < -0.39 is 29.7 Å². The van der Waals surface area contributed by atoms with Crippen molar-refractivity contribution in [3.05, 3.63) is 22.4 Å². The smallest absolute Gasteiger partial charge is 0.407 e. The van der Waals surface area contributed by atoms with Crippen LogP contribution in [0, 0.1) is 11.8 Å². The molecule has 0 saturated carbocycles. The summed E-state index contributed by atoms with van der Waals surface area (Å²) in [4.78, 5) is 47.8. The normalized spacial score (nSPS) is 18.3. The van der Waals surface area contributed by atoms with Crippen LogP contribution in [0.2, 0.25) is 0 Å². The molecular weight excluding hydrogens is 356 g/mol. The van der Waals surface area contributed by atoms with Gasteiger partial charge in [-0.25, -0.2) is 4.79 Å². The molecule has 1 aromatic rings. The van der Waals surface area contributed by atoms with Crippen molar-refractivity contribution < 1.29 is 23.9 Å². The molecule has 0 spiro atoms. The highest BCUT2D eigenvalue weighted by Crippen LogP contribution is 2.17. The van der Waals surface area contributed by atoms with Gasteiger partial charge in [-0.3, -0.25) is 14.4 Å². The third-order valence-electron chi connectivity index (χ3n) is 4.31. The Labute approximate surface area is 156 Å². The minimum absolute atomic E-state index is 0.0513. The maximum atomic E-state index is 12.5. The molecule has 0 bridgehead atoms. The molecule has 142 valence electrons. The number of ketones is 2. The van der Waals surface area contributed by atoms with Crippen molar-refractivity contribution in [2.24, 2.45) is 11.8 Å². The summed E-state index contributed by atoms with van der Waals surface area (Å²) in [6, 6.07) is 1.21. The second-order valence-electron chi connectivity index (χ2n) is 6.66. The minimum atomic E-state index is -0.749. The lowest BCUT2D eigenvalue weighted by molar-refractivity contribution is -0.143. The Morgan fingerprint density at radius 1 is 1.38 bits per heavy atom. The van der Waals surface area contributed by atoms with Crippen molar-refractivity contribution in [1.29, 1.82) is 0 Å². The molecule has 26 heavy (non-hydrogen) atoms. The quantitative estimate of drug-likeness (QED) is 0.669. The van der Waals surface area contributed by atoms with Gasteiger partial charge in [-0.15, -0.1) is 0 Å². The topological polar surface area (TPSA) is 102 Å². The number of alkyl carbamates (subject to hydrolysis) is 1. The minimum Gasteiger partial charge on any atom is -0.449 e. The fraction of sp³-hybridized carbons (Fsp3) is 0.556. The van der Waals surface area contributed by atoms with Crippen LogP contribution in [0.5, 0.6) is 0 Å². The zero-order valence-electron chi connectivity index (χ0n) is 14.9. The van der Waals surface area contributed by atoms with Gasteiger partial charge in [-0.2, -0.15) is 11.3 Å². The van der Waals surface area contributed by atoms with Crippen LogP contribution in [0.3, 0.4) is 0 Å². The van der Waals surface area contributed by atoms with Gasteiger partial charge in [0.1, 0.15) is 0 Å². The SMILES string of the molecule is CC(C)C(NC(=O)OCCc1ccsc1)C(=O)CC1CCNC(=O)C1=O. The number of hydrogen-bond acceptors (Lipinski definition) is 6. The molecular formula is C18H24N2O5S. The lowest BCUT2D eigenvalue weighted by Crippen LogP contribution is -2.48. The molecule has 8 heteroatoms. The summed E-state index contributed by atoms with van der Waals surface area (Å²) in [5.74, 6) is -2.24. The van der Waals surface area contributed by atoms with Crippen molar-refractivity contribution in [3.8, 4) is 0 Å². The van der Waals surface area contributed by atoms with Crippen molar-refractivity contribution in [2.75, 3.05) is 13.2 Å². The Morgan fingerprint density at radius 3 is 2.81 bits per heavy atom. The van der Waals surface area contributed by atoms with Crippen LogP contribution >= 0.6 is 11.3 Å². The van der Waals surface area contributed by atoms with Crippen molar-refractivity contribution in [1.82, 2.24) is 10.6 Å². The number of carbonyl (C=O) groups excluding carboxylic acids is 4. The fourth-order valence-corrected chi connectivity index (χ4v) is 3.52. The van der Waals surface area contributed by atoms with E-state index in [1.807, 2.05) is 30.7 Å². The maximum absolute atomic E-state index is 12.5. The molecule has 0 aliphatic carbocycles. The van der Waals surface area contributed by atoms with E-state index in [1.165, 1.54) is 0 Å². The summed E-state index contributed by atoms with van der Waals surface area (Å²) in [5, 5.41) is 9.00. The number of nitrogens with one attached hydrogen (secondary N) is 2. The molecule has 2 rings (SSSR count). The van der Waals surface area contributed by atoms with Gasteiger partial charge < -0.3 is 15.4 Å². The first-order valence-corrected chi connectivity index (χ1v) is 9.62. The molecule has 2 atom stereocenters. The van der Waals surface area contributed by atoms with E-state index in [0.29, 0.717) is 19.4 Å². The zero-order valence-corrected chi connectivity index (χ0v) is 15.8. The highest BCUT2D eigenvalue weighted by atomic mass is 32.1. The maximum Gasteiger partial charge on any atom is 0.407 e. The van der Waals surface area contributed by atoms with Crippen LogP contribution in [-0.4, -0.2) is 42.8 Å². The number of carbonyl (C=O) groups is 4. The van der Waals surface area contributed by atoms with E-state index in [2.05, 4.69) is 10.6 Å². The summed E-state index contributed by atoms with van der Waals surface area (Å²) in [5.41, 5.74) is 1.09. The summed E-state index contributed by atoms with van der Waals surface area (Å²) < 4.78 is 5.15. The van der Waals surface area contributed by atoms with Gasteiger partial charge in [0.2, 0.25) is 5.78 Å². The number of amides is 2. The van der Waals surface area contributed by atoms with Gasteiger partial charge in [-0.1, -0.05) is 13.8 Å². The first-order valence-electron chi connectivity index (χ1n) is 8.67. The summed E-state index contributed by atoms with van der Waals surface area (Å²) >= 11 is 1.58. The molecule has 0 radical (unpaired) electrons. The second-order valence-corrected chi connectivity index (χ2v) is 7.44. The van der Waals surface area contributed by atoms with Gasteiger partial charge in [0, 0.05) is 25.3 Å². The summed E-state index contributed by atoms with van der Waals surface area (Å²) in [6.45, 7) is 4.23. The van der Waals surface area contributed by atoms with Crippen molar-refractivity contribution in [2.45, 2.75) is 39.2 Å². The van der Waals surface area contributed by atoms with E-state index in [1.54, 1.807) is 11.3 Å². The molecule has 1 saturated heterocycles. The van der Waals surface area contributed by atoms with Gasteiger partial charge in [0.25, 0.3) is 5.91 Å². The van der Waals surface area contributed by atoms with Crippen molar-refractivity contribution >= 4 is 34.9 Å². The number of rotatable bonds is 8. The Bertz CT molecular complexity index is 657. The Balaban J connectivity index is 1.84. The Kier molecular flexibility index (Phi) is 7.32. The van der Waals surface area contributed by atoms with E-state index in [4.69, 9.17) is 4.74 Å². The van der Waals surface area contributed by atoms with Crippen LogP contribution in [0.25, 0.3) is 0 Å². The van der Waals surface area contributed by atoms with Gasteiger partial charge in [-0.05, 0) is 34.7 Å². The van der Waals surface area contributed by atoms with Gasteiger partial charge in [0.15, 0.2) is 5.78 Å². The number of thiophene rings is 1. The van der Waals surface area contributed by atoms with Crippen molar-refractivity contribution in [3.63, 3.8) is 0 Å². The first kappa shape index (κ1) is 20.1. The molecule has 2 N–H and O–H groups in total. The van der Waals surface area contributed by atoms with E-state index in [0.717, 1.165) is 5.56 Å². The number of hydrogen-bond donors (Lipinski definition) is 2. The first-order chi connectivity index (χ1) is 12.4. The lowest BCUT2D eigenvalue weighted by Gasteiger charge is -2.25. The average Bonchev–Trinajstić information content (AvgIpc) is 3.10. The summed E-state index contributed by atoms with van der Waals surface area (Å²) in [7, 11) is 0. The third-order valence-corrected chi connectivity index (χ3v) is 5.04. The zero-order chi connectivity index (χ0) is 19.1. The summed E-state index contributed by atoms with van der Waals surface area (Å²) in [6.07, 6.45) is 0.347. The molecule has 0 aromatic carbocycles. The predicted octanol–water partition coefficient (Wildman–Crippen LogP) is 1.71. The fourth-order valence-electron chi connectivity index (χ4n) is 2.81. The van der Waals surface area contributed by atoms with Gasteiger partial charge in [0.05, 0.1) is 12.6 Å². The van der Waals surface area contributed by atoms with E-state index in [9.17, 15) is 19.2 Å². The molecule has 1 aromatic heterocycles. The predicted molar refractivity (Wildman–Crippen MR) is 96.9 cm³/mol. The molecule has 7 nitrogen and oxygen atoms in total. The van der Waals surface area contributed by atoms with Crippen LogP contribution in [0.4, 0.5) is 4.79 Å². The van der Waals surface area contributed by atoms with Crippen LogP contribution < -0.4 is 10.6 Å². The van der Waals surface area contributed by atoms with Crippen LogP contribution in [0.1, 0.15) is 32.3 Å². The number of piperidine rings is 1. The van der Waals surface area contributed by atoms with E-state index in [-0.39, 0.29) is 24.7 Å². The molecule has 2 heterocycles. The van der Waals surface area contributed by atoms with Crippen LogP contribution in [-0.2, 0) is 25.5 Å². The highest BCUT2D eigenvalue weighted by Gasteiger charge is 2.34. The molecule has 2 unspecified atom stereocenters.